The smallest absolute Gasteiger partial charge is 0.260 e. The highest BCUT2D eigenvalue weighted by Gasteiger charge is 2.12. The van der Waals surface area contributed by atoms with E-state index in [4.69, 9.17) is 9.47 Å². The number of methoxy groups -OCH3 is 1. The summed E-state index contributed by atoms with van der Waals surface area (Å²) in [6.45, 7) is 2.40. The Hall–Kier alpha value is -2.82. The van der Waals surface area contributed by atoms with Crippen LogP contribution in [0.3, 0.4) is 0 Å². The molecule has 1 amide bonds. The van der Waals surface area contributed by atoms with Crippen LogP contribution in [0.5, 0.6) is 11.5 Å². The number of nitrogens with zero attached hydrogens (tertiary/aromatic N) is 2. The molecule has 5 nitrogen and oxygen atoms in total. The number of hydrogen-bond acceptors (Lipinski definition) is 4. The molecule has 2 aromatic rings. The molecule has 0 atom stereocenters. The van der Waals surface area contributed by atoms with Crippen molar-refractivity contribution in [2.75, 3.05) is 20.8 Å². The van der Waals surface area contributed by atoms with Gasteiger partial charge < -0.3 is 14.4 Å². The zero-order chi connectivity index (χ0) is 17.4. The van der Waals surface area contributed by atoms with Crippen molar-refractivity contribution in [2.45, 2.75) is 13.5 Å². The average molecular weight is 326 g/mol. The molecule has 0 aliphatic rings. The van der Waals surface area contributed by atoms with Crippen molar-refractivity contribution in [1.82, 2.24) is 9.88 Å². The Morgan fingerprint density at radius 2 is 2.12 bits per heavy atom. The lowest BCUT2D eigenvalue weighted by Crippen LogP contribution is -2.31. The molecule has 0 N–H and O–H groups in total. The molecular weight excluding hydrogens is 304 g/mol. The number of ether oxygens (including phenoxy) is 2. The first-order valence-corrected chi connectivity index (χ1v) is 7.70. The third-order valence-electron chi connectivity index (χ3n) is 3.47. The number of likely N-dealkylation sites (N-methyl/N-ethyl adjacent to an activating group) is 1. The van der Waals surface area contributed by atoms with Crippen LogP contribution in [0.15, 0.2) is 48.8 Å². The molecule has 1 heterocycles. The summed E-state index contributed by atoms with van der Waals surface area (Å²) < 4.78 is 11.0. The molecule has 0 saturated heterocycles. The van der Waals surface area contributed by atoms with Gasteiger partial charge in [0.1, 0.15) is 0 Å². The Morgan fingerprint density at radius 3 is 2.79 bits per heavy atom. The topological polar surface area (TPSA) is 51.7 Å². The lowest BCUT2D eigenvalue weighted by Gasteiger charge is -2.18. The SMILES string of the molecule is C/C=C/c1ccc(OCC(=O)N(C)Cc2cccnc2)c(OC)c1. The van der Waals surface area contributed by atoms with E-state index >= 15 is 0 Å². The maximum absolute atomic E-state index is 12.2. The summed E-state index contributed by atoms with van der Waals surface area (Å²) in [6.07, 6.45) is 7.37. The molecule has 5 heteroatoms. The van der Waals surface area contributed by atoms with Gasteiger partial charge in [-0.25, -0.2) is 0 Å². The third kappa shape index (κ3) is 4.84. The Kier molecular flexibility index (Phi) is 6.37. The minimum atomic E-state index is -0.113. The van der Waals surface area contributed by atoms with E-state index < -0.39 is 0 Å². The van der Waals surface area contributed by atoms with E-state index in [9.17, 15) is 4.79 Å². The van der Waals surface area contributed by atoms with Crippen LogP contribution in [0, 0.1) is 0 Å². The fourth-order valence-electron chi connectivity index (χ4n) is 2.20. The molecule has 0 saturated carbocycles. The molecule has 0 bridgehead atoms. The molecule has 0 radical (unpaired) electrons. The standard InChI is InChI=1S/C19H22N2O3/c1-4-6-15-8-9-17(18(11-15)23-3)24-14-19(22)21(2)13-16-7-5-10-20-12-16/h4-12H,13-14H2,1-3H3/b6-4+. The van der Waals surface area contributed by atoms with Gasteiger partial charge in [0.05, 0.1) is 7.11 Å². The first-order valence-electron chi connectivity index (χ1n) is 7.70. The zero-order valence-electron chi connectivity index (χ0n) is 14.2. The highest BCUT2D eigenvalue weighted by atomic mass is 16.5. The second kappa shape index (κ2) is 8.72. The van der Waals surface area contributed by atoms with Gasteiger partial charge in [-0.2, -0.15) is 0 Å². The highest BCUT2D eigenvalue weighted by molar-refractivity contribution is 5.77. The lowest BCUT2D eigenvalue weighted by molar-refractivity contribution is -0.132. The van der Waals surface area contributed by atoms with Gasteiger partial charge in [0.25, 0.3) is 5.91 Å². The molecule has 0 aliphatic carbocycles. The quantitative estimate of drug-likeness (QED) is 0.784. The summed E-state index contributed by atoms with van der Waals surface area (Å²) in [7, 11) is 3.32. The van der Waals surface area contributed by atoms with Crippen LogP contribution in [0.2, 0.25) is 0 Å². The van der Waals surface area contributed by atoms with Crippen LogP contribution in [-0.2, 0) is 11.3 Å². The van der Waals surface area contributed by atoms with Crippen molar-refractivity contribution in [1.29, 1.82) is 0 Å². The predicted molar refractivity (Wildman–Crippen MR) is 93.9 cm³/mol. The van der Waals surface area contributed by atoms with Crippen molar-refractivity contribution >= 4 is 12.0 Å². The third-order valence-corrected chi connectivity index (χ3v) is 3.47. The van der Waals surface area contributed by atoms with Crippen molar-refractivity contribution in [3.63, 3.8) is 0 Å². The number of carbonyl (C=O) groups is 1. The van der Waals surface area contributed by atoms with Crippen LogP contribution in [0.4, 0.5) is 0 Å². The van der Waals surface area contributed by atoms with Gasteiger partial charge in [-0.1, -0.05) is 24.3 Å². The Bertz CT molecular complexity index is 699. The Balaban J connectivity index is 1.95. The molecule has 1 aromatic heterocycles. The summed E-state index contributed by atoms with van der Waals surface area (Å²) in [5.74, 6) is 1.04. The van der Waals surface area contributed by atoms with E-state index in [-0.39, 0.29) is 12.5 Å². The lowest BCUT2D eigenvalue weighted by atomic mass is 10.2. The van der Waals surface area contributed by atoms with Gasteiger partial charge in [-0.05, 0) is 36.2 Å². The molecule has 0 spiro atoms. The Morgan fingerprint density at radius 1 is 1.29 bits per heavy atom. The summed E-state index contributed by atoms with van der Waals surface area (Å²) in [5.41, 5.74) is 1.99. The number of allylic oxidation sites excluding steroid dienone is 1. The van der Waals surface area contributed by atoms with E-state index in [1.807, 2.05) is 49.4 Å². The number of amides is 1. The summed E-state index contributed by atoms with van der Waals surface area (Å²) in [4.78, 5) is 17.9. The normalized spacial score (nSPS) is 10.6. The summed E-state index contributed by atoms with van der Waals surface area (Å²) >= 11 is 0. The molecule has 0 fully saturated rings. The van der Waals surface area contributed by atoms with Crippen molar-refractivity contribution in [3.05, 3.63) is 59.9 Å². The van der Waals surface area contributed by atoms with Crippen molar-refractivity contribution < 1.29 is 14.3 Å². The van der Waals surface area contributed by atoms with Crippen LogP contribution in [0.25, 0.3) is 6.08 Å². The minimum absolute atomic E-state index is 0.0455. The van der Waals surface area contributed by atoms with Crippen LogP contribution < -0.4 is 9.47 Å². The van der Waals surface area contributed by atoms with E-state index in [2.05, 4.69) is 4.98 Å². The fourth-order valence-corrected chi connectivity index (χ4v) is 2.20. The molecular formula is C19H22N2O3. The van der Waals surface area contributed by atoms with Crippen molar-refractivity contribution in [3.8, 4) is 11.5 Å². The van der Waals surface area contributed by atoms with E-state index in [1.54, 1.807) is 31.5 Å². The van der Waals surface area contributed by atoms with Crippen molar-refractivity contribution in [2.24, 2.45) is 0 Å². The van der Waals surface area contributed by atoms with Crippen LogP contribution in [0.1, 0.15) is 18.1 Å². The monoisotopic (exact) mass is 326 g/mol. The fraction of sp³-hybridized carbons (Fsp3) is 0.263. The number of aromatic nitrogens is 1. The van der Waals surface area contributed by atoms with Gasteiger partial charge in [-0.15, -0.1) is 0 Å². The first kappa shape index (κ1) is 17.5. The second-order valence-electron chi connectivity index (χ2n) is 5.31. The van der Waals surface area contributed by atoms with E-state index in [0.717, 1.165) is 11.1 Å². The maximum atomic E-state index is 12.2. The number of hydrogen-bond donors (Lipinski definition) is 0. The minimum Gasteiger partial charge on any atom is -0.493 e. The Labute approximate surface area is 142 Å². The molecule has 0 aliphatic heterocycles. The number of carbonyl (C=O) groups excluding carboxylic acids is 1. The zero-order valence-corrected chi connectivity index (χ0v) is 14.2. The van der Waals surface area contributed by atoms with Crippen LogP contribution in [-0.4, -0.2) is 36.6 Å². The summed E-state index contributed by atoms with van der Waals surface area (Å²) in [6, 6.07) is 9.38. The number of rotatable bonds is 7. The molecule has 126 valence electrons. The average Bonchev–Trinajstić information content (AvgIpc) is 2.61. The summed E-state index contributed by atoms with van der Waals surface area (Å²) in [5, 5.41) is 0. The molecule has 2 rings (SSSR count). The second-order valence-corrected chi connectivity index (χ2v) is 5.31. The number of pyridine rings is 1. The maximum Gasteiger partial charge on any atom is 0.260 e. The molecule has 24 heavy (non-hydrogen) atoms. The van der Waals surface area contributed by atoms with Gasteiger partial charge in [0.2, 0.25) is 0 Å². The molecule has 0 unspecified atom stereocenters. The van der Waals surface area contributed by atoms with E-state index in [1.165, 1.54) is 0 Å². The van der Waals surface area contributed by atoms with Crippen LogP contribution >= 0.6 is 0 Å². The first-order chi connectivity index (χ1) is 11.6. The van der Waals surface area contributed by atoms with Gasteiger partial charge in [-0.3, -0.25) is 9.78 Å². The largest absolute Gasteiger partial charge is 0.493 e. The van der Waals surface area contributed by atoms with Gasteiger partial charge >= 0.3 is 0 Å². The molecule has 1 aromatic carbocycles. The predicted octanol–water partition coefficient (Wildman–Crippen LogP) is 3.16. The van der Waals surface area contributed by atoms with Gasteiger partial charge in [0, 0.05) is 26.0 Å². The highest BCUT2D eigenvalue weighted by Crippen LogP contribution is 2.28. The number of benzene rings is 1. The van der Waals surface area contributed by atoms with E-state index in [0.29, 0.717) is 18.0 Å². The van der Waals surface area contributed by atoms with Gasteiger partial charge in [0.15, 0.2) is 18.1 Å².